The Bertz CT molecular complexity index is 339. The zero-order chi connectivity index (χ0) is 12.7. The van der Waals surface area contributed by atoms with Crippen LogP contribution in [0.2, 0.25) is 5.02 Å². The number of halogens is 1. The fourth-order valence-electron chi connectivity index (χ4n) is 1.85. The maximum absolute atomic E-state index is 6.28. The van der Waals surface area contributed by atoms with Crippen molar-refractivity contribution in [2.75, 3.05) is 25.0 Å². The van der Waals surface area contributed by atoms with Gasteiger partial charge < -0.3 is 10.2 Å². The van der Waals surface area contributed by atoms with Crippen LogP contribution in [-0.2, 0) is 6.54 Å². The summed E-state index contributed by atoms with van der Waals surface area (Å²) in [4.78, 5) is 2.29. The van der Waals surface area contributed by atoms with E-state index in [1.807, 2.05) is 12.1 Å². The number of benzene rings is 1. The van der Waals surface area contributed by atoms with E-state index in [0.29, 0.717) is 0 Å². The van der Waals surface area contributed by atoms with Gasteiger partial charge in [-0.05, 0) is 25.1 Å². The van der Waals surface area contributed by atoms with Crippen LogP contribution >= 0.6 is 11.6 Å². The van der Waals surface area contributed by atoms with E-state index in [4.69, 9.17) is 11.6 Å². The van der Waals surface area contributed by atoms with Gasteiger partial charge in [0.05, 0.1) is 0 Å². The number of unbranched alkanes of at least 4 members (excludes halogenated alkanes) is 1. The Hall–Kier alpha value is -0.730. The van der Waals surface area contributed by atoms with Crippen molar-refractivity contribution >= 4 is 17.3 Å². The highest BCUT2D eigenvalue weighted by Gasteiger charge is 2.09. The lowest BCUT2D eigenvalue weighted by atomic mass is 10.1. The summed E-state index contributed by atoms with van der Waals surface area (Å²) < 4.78 is 0. The Morgan fingerprint density at radius 2 is 2.06 bits per heavy atom. The van der Waals surface area contributed by atoms with Crippen LogP contribution in [0.25, 0.3) is 0 Å². The minimum absolute atomic E-state index is 0.835. The van der Waals surface area contributed by atoms with Crippen molar-refractivity contribution in [1.82, 2.24) is 5.32 Å². The van der Waals surface area contributed by atoms with E-state index < -0.39 is 0 Å². The molecule has 0 saturated carbocycles. The summed E-state index contributed by atoms with van der Waals surface area (Å²) in [6.45, 7) is 7.20. The Kier molecular flexibility index (Phi) is 6.38. The zero-order valence-corrected chi connectivity index (χ0v) is 11.8. The summed E-state index contributed by atoms with van der Waals surface area (Å²) in [5.74, 6) is 0. The molecule has 0 unspecified atom stereocenters. The molecule has 0 saturated heterocycles. The Labute approximate surface area is 110 Å². The molecule has 1 aromatic rings. The highest BCUT2D eigenvalue weighted by molar-refractivity contribution is 6.31. The Morgan fingerprint density at radius 3 is 2.71 bits per heavy atom. The summed E-state index contributed by atoms with van der Waals surface area (Å²) in [5.41, 5.74) is 2.45. The van der Waals surface area contributed by atoms with Gasteiger partial charge in [0.25, 0.3) is 0 Å². The van der Waals surface area contributed by atoms with Crippen molar-refractivity contribution < 1.29 is 0 Å². The topological polar surface area (TPSA) is 15.3 Å². The highest BCUT2D eigenvalue weighted by Crippen LogP contribution is 2.27. The molecule has 0 bridgehead atoms. The number of rotatable bonds is 7. The van der Waals surface area contributed by atoms with Gasteiger partial charge in [0.15, 0.2) is 0 Å². The molecule has 1 N–H and O–H groups in total. The molecule has 0 aliphatic carbocycles. The lowest BCUT2D eigenvalue weighted by Gasteiger charge is -2.23. The highest BCUT2D eigenvalue weighted by atomic mass is 35.5. The third-order valence-corrected chi connectivity index (χ3v) is 3.26. The van der Waals surface area contributed by atoms with E-state index in [9.17, 15) is 0 Å². The van der Waals surface area contributed by atoms with Crippen LogP contribution in [-0.4, -0.2) is 20.1 Å². The molecular formula is C14H23ClN2. The Balaban J connectivity index is 2.84. The van der Waals surface area contributed by atoms with Crippen molar-refractivity contribution in [1.29, 1.82) is 0 Å². The third-order valence-electron chi connectivity index (χ3n) is 2.90. The maximum atomic E-state index is 6.28. The molecule has 0 radical (unpaired) electrons. The molecule has 1 rings (SSSR count). The number of nitrogens with one attached hydrogen (secondary N) is 1. The summed E-state index contributed by atoms with van der Waals surface area (Å²) in [5, 5.41) is 4.20. The summed E-state index contributed by atoms with van der Waals surface area (Å²) >= 11 is 6.28. The van der Waals surface area contributed by atoms with Crippen LogP contribution < -0.4 is 10.2 Å². The SMILES string of the molecule is CCCCN(C)c1cccc(Cl)c1CNCC. The number of hydrogen-bond acceptors (Lipinski definition) is 2. The second-order valence-electron chi connectivity index (χ2n) is 4.29. The van der Waals surface area contributed by atoms with Gasteiger partial charge in [0, 0.05) is 36.4 Å². The van der Waals surface area contributed by atoms with Crippen molar-refractivity contribution in [3.63, 3.8) is 0 Å². The molecule has 2 nitrogen and oxygen atoms in total. The number of nitrogens with zero attached hydrogens (tertiary/aromatic N) is 1. The van der Waals surface area contributed by atoms with Crippen LogP contribution in [0.15, 0.2) is 18.2 Å². The van der Waals surface area contributed by atoms with E-state index in [1.54, 1.807) is 0 Å². The van der Waals surface area contributed by atoms with Crippen LogP contribution in [0.1, 0.15) is 32.3 Å². The van der Waals surface area contributed by atoms with Gasteiger partial charge in [-0.15, -0.1) is 0 Å². The molecule has 0 heterocycles. The number of hydrogen-bond donors (Lipinski definition) is 1. The second kappa shape index (κ2) is 7.57. The van der Waals surface area contributed by atoms with E-state index in [2.05, 4.69) is 37.2 Å². The molecule has 0 aromatic heterocycles. The molecule has 0 aliphatic rings. The maximum Gasteiger partial charge on any atom is 0.0471 e. The first-order valence-corrected chi connectivity index (χ1v) is 6.77. The molecule has 0 atom stereocenters. The standard InChI is InChI=1S/C14H23ClN2/c1-4-6-10-17(3)14-9-7-8-13(15)12(14)11-16-5-2/h7-9,16H,4-6,10-11H2,1-3H3. The van der Waals surface area contributed by atoms with Crippen LogP contribution in [0.4, 0.5) is 5.69 Å². The lowest BCUT2D eigenvalue weighted by Crippen LogP contribution is -2.22. The average Bonchev–Trinajstić information content (AvgIpc) is 2.34. The summed E-state index contributed by atoms with van der Waals surface area (Å²) in [7, 11) is 2.14. The van der Waals surface area contributed by atoms with Crippen molar-refractivity contribution in [3.8, 4) is 0 Å². The largest absolute Gasteiger partial charge is 0.374 e. The zero-order valence-electron chi connectivity index (χ0n) is 11.1. The molecule has 0 spiro atoms. The van der Waals surface area contributed by atoms with E-state index in [1.165, 1.54) is 24.1 Å². The monoisotopic (exact) mass is 254 g/mol. The molecule has 17 heavy (non-hydrogen) atoms. The Morgan fingerprint density at radius 1 is 1.29 bits per heavy atom. The fraction of sp³-hybridized carbons (Fsp3) is 0.571. The van der Waals surface area contributed by atoms with E-state index in [-0.39, 0.29) is 0 Å². The van der Waals surface area contributed by atoms with Gasteiger partial charge in [0.1, 0.15) is 0 Å². The molecule has 0 amide bonds. The predicted molar refractivity (Wildman–Crippen MR) is 77.0 cm³/mol. The van der Waals surface area contributed by atoms with Gasteiger partial charge >= 0.3 is 0 Å². The van der Waals surface area contributed by atoms with Crippen LogP contribution in [0.5, 0.6) is 0 Å². The van der Waals surface area contributed by atoms with Crippen LogP contribution in [0, 0.1) is 0 Å². The van der Waals surface area contributed by atoms with E-state index >= 15 is 0 Å². The van der Waals surface area contributed by atoms with Crippen molar-refractivity contribution in [2.45, 2.75) is 33.2 Å². The molecular weight excluding hydrogens is 232 g/mol. The molecule has 1 aromatic carbocycles. The minimum atomic E-state index is 0.835. The van der Waals surface area contributed by atoms with Gasteiger partial charge in [0.2, 0.25) is 0 Å². The number of anilines is 1. The third kappa shape index (κ3) is 4.21. The second-order valence-corrected chi connectivity index (χ2v) is 4.70. The summed E-state index contributed by atoms with van der Waals surface area (Å²) in [6, 6.07) is 6.13. The lowest BCUT2D eigenvalue weighted by molar-refractivity contribution is 0.717. The minimum Gasteiger partial charge on any atom is -0.374 e. The van der Waals surface area contributed by atoms with Gasteiger partial charge in [-0.2, -0.15) is 0 Å². The first-order valence-electron chi connectivity index (χ1n) is 6.39. The first kappa shape index (κ1) is 14.3. The fourth-order valence-corrected chi connectivity index (χ4v) is 2.08. The summed E-state index contributed by atoms with van der Waals surface area (Å²) in [6.07, 6.45) is 2.43. The van der Waals surface area contributed by atoms with Gasteiger partial charge in [-0.1, -0.05) is 37.9 Å². The predicted octanol–water partition coefficient (Wildman–Crippen LogP) is 3.69. The van der Waals surface area contributed by atoms with Crippen molar-refractivity contribution in [3.05, 3.63) is 28.8 Å². The van der Waals surface area contributed by atoms with Gasteiger partial charge in [-0.3, -0.25) is 0 Å². The normalized spacial score (nSPS) is 10.6. The molecule has 0 aliphatic heterocycles. The van der Waals surface area contributed by atoms with Crippen LogP contribution in [0.3, 0.4) is 0 Å². The first-order chi connectivity index (χ1) is 8.20. The average molecular weight is 255 g/mol. The molecule has 3 heteroatoms. The molecule has 96 valence electrons. The smallest absolute Gasteiger partial charge is 0.0471 e. The van der Waals surface area contributed by atoms with Crippen molar-refractivity contribution in [2.24, 2.45) is 0 Å². The quantitative estimate of drug-likeness (QED) is 0.799. The van der Waals surface area contributed by atoms with Gasteiger partial charge in [-0.25, -0.2) is 0 Å². The molecule has 0 fully saturated rings. The van der Waals surface area contributed by atoms with E-state index in [0.717, 1.165) is 24.7 Å².